The van der Waals surface area contributed by atoms with E-state index in [0.717, 1.165) is 15.8 Å². The molecule has 82 valence electrons. The van der Waals surface area contributed by atoms with Crippen LogP contribution in [0.3, 0.4) is 0 Å². The van der Waals surface area contributed by atoms with Crippen molar-refractivity contribution in [1.82, 2.24) is 4.98 Å². The Morgan fingerprint density at radius 3 is 2.56 bits per heavy atom. The molecule has 0 spiro atoms. The number of nitrogen functional groups attached to an aromatic ring is 1. The molecule has 0 aliphatic carbocycles. The second kappa shape index (κ2) is 4.53. The van der Waals surface area contributed by atoms with Gasteiger partial charge < -0.3 is 10.5 Å². The van der Waals surface area contributed by atoms with Gasteiger partial charge in [-0.05, 0) is 52.7 Å². The van der Waals surface area contributed by atoms with Gasteiger partial charge in [0.25, 0.3) is 0 Å². The Bertz CT molecular complexity index is 497. The Kier molecular flexibility index (Phi) is 3.10. The number of aryl methyl sites for hydroxylation is 1. The number of pyridine rings is 1. The number of halogens is 1. The third-order valence-corrected chi connectivity index (χ3v) is 2.95. The van der Waals surface area contributed by atoms with Crippen molar-refractivity contribution >= 4 is 21.6 Å². The van der Waals surface area contributed by atoms with Gasteiger partial charge in [-0.3, -0.25) is 0 Å². The van der Waals surface area contributed by atoms with E-state index in [0.29, 0.717) is 11.6 Å². The standard InChI is InChI=1S/C12H11BrN2O/c1-8-6-12(15-7-11(8)13)16-10-4-2-9(14)3-5-10/h2-7H,14H2,1H3. The molecule has 0 radical (unpaired) electrons. The van der Waals surface area contributed by atoms with E-state index in [1.807, 2.05) is 25.1 Å². The van der Waals surface area contributed by atoms with E-state index >= 15 is 0 Å². The van der Waals surface area contributed by atoms with Crippen LogP contribution in [0.5, 0.6) is 11.6 Å². The highest BCUT2D eigenvalue weighted by molar-refractivity contribution is 9.10. The molecular weight excluding hydrogens is 268 g/mol. The minimum absolute atomic E-state index is 0.575. The molecule has 3 nitrogen and oxygen atoms in total. The first-order valence-corrected chi connectivity index (χ1v) is 5.60. The van der Waals surface area contributed by atoms with E-state index in [9.17, 15) is 0 Å². The molecule has 1 aromatic heterocycles. The summed E-state index contributed by atoms with van der Waals surface area (Å²) in [5.41, 5.74) is 7.39. The van der Waals surface area contributed by atoms with E-state index in [1.165, 1.54) is 0 Å². The van der Waals surface area contributed by atoms with Crippen LogP contribution in [-0.4, -0.2) is 4.98 Å². The van der Waals surface area contributed by atoms with Gasteiger partial charge in [0.1, 0.15) is 5.75 Å². The molecule has 0 aliphatic rings. The predicted molar refractivity (Wildman–Crippen MR) is 67.6 cm³/mol. The lowest BCUT2D eigenvalue weighted by Gasteiger charge is -2.06. The van der Waals surface area contributed by atoms with Crippen LogP contribution in [0.15, 0.2) is 41.0 Å². The summed E-state index contributed by atoms with van der Waals surface area (Å²) in [5.74, 6) is 1.30. The van der Waals surface area contributed by atoms with Crippen molar-refractivity contribution in [2.75, 3.05) is 5.73 Å². The summed E-state index contributed by atoms with van der Waals surface area (Å²) < 4.78 is 6.55. The van der Waals surface area contributed by atoms with Crippen LogP contribution >= 0.6 is 15.9 Å². The molecule has 16 heavy (non-hydrogen) atoms. The number of hydrogen-bond donors (Lipinski definition) is 1. The fourth-order valence-corrected chi connectivity index (χ4v) is 1.44. The first-order chi connectivity index (χ1) is 7.65. The molecule has 0 bridgehead atoms. The molecule has 0 saturated heterocycles. The molecule has 2 aromatic rings. The third kappa shape index (κ3) is 2.52. The van der Waals surface area contributed by atoms with Crippen LogP contribution in [0.25, 0.3) is 0 Å². The number of nitrogens with zero attached hydrogens (tertiary/aromatic N) is 1. The van der Waals surface area contributed by atoms with Gasteiger partial charge in [0.15, 0.2) is 0 Å². The zero-order chi connectivity index (χ0) is 11.5. The predicted octanol–water partition coefficient (Wildman–Crippen LogP) is 3.53. The van der Waals surface area contributed by atoms with Crippen LogP contribution in [0.2, 0.25) is 0 Å². The highest BCUT2D eigenvalue weighted by Gasteiger charge is 2.01. The average Bonchev–Trinajstić information content (AvgIpc) is 2.27. The molecule has 1 heterocycles. The molecule has 2 rings (SSSR count). The average molecular weight is 279 g/mol. The lowest BCUT2D eigenvalue weighted by Crippen LogP contribution is -1.90. The Hall–Kier alpha value is -1.55. The third-order valence-electron chi connectivity index (χ3n) is 2.12. The molecule has 0 aliphatic heterocycles. The number of anilines is 1. The van der Waals surface area contributed by atoms with E-state index in [4.69, 9.17) is 10.5 Å². The van der Waals surface area contributed by atoms with Crippen molar-refractivity contribution in [1.29, 1.82) is 0 Å². The lowest BCUT2D eigenvalue weighted by molar-refractivity contribution is 0.462. The summed E-state index contributed by atoms with van der Waals surface area (Å²) in [6.07, 6.45) is 1.72. The number of hydrogen-bond acceptors (Lipinski definition) is 3. The molecule has 0 amide bonds. The normalized spacial score (nSPS) is 10.1. The summed E-state index contributed by atoms with van der Waals surface area (Å²) >= 11 is 3.39. The van der Waals surface area contributed by atoms with Crippen molar-refractivity contribution in [2.24, 2.45) is 0 Å². The highest BCUT2D eigenvalue weighted by Crippen LogP contribution is 2.23. The van der Waals surface area contributed by atoms with E-state index in [1.54, 1.807) is 18.3 Å². The molecule has 0 atom stereocenters. The van der Waals surface area contributed by atoms with Gasteiger partial charge in [-0.15, -0.1) is 0 Å². The zero-order valence-electron chi connectivity index (χ0n) is 8.77. The van der Waals surface area contributed by atoms with Crippen molar-refractivity contribution in [3.05, 3.63) is 46.6 Å². The van der Waals surface area contributed by atoms with Crippen LogP contribution in [0.1, 0.15) is 5.56 Å². The van der Waals surface area contributed by atoms with Gasteiger partial charge in [-0.1, -0.05) is 0 Å². The highest BCUT2D eigenvalue weighted by atomic mass is 79.9. The maximum Gasteiger partial charge on any atom is 0.219 e. The zero-order valence-corrected chi connectivity index (χ0v) is 10.4. The van der Waals surface area contributed by atoms with Gasteiger partial charge in [0.2, 0.25) is 5.88 Å². The Morgan fingerprint density at radius 2 is 1.94 bits per heavy atom. The van der Waals surface area contributed by atoms with Gasteiger partial charge in [0.05, 0.1) is 0 Å². The smallest absolute Gasteiger partial charge is 0.219 e. The fourth-order valence-electron chi connectivity index (χ4n) is 1.23. The first kappa shape index (κ1) is 11.0. The number of nitrogens with two attached hydrogens (primary N) is 1. The maximum absolute atomic E-state index is 5.59. The Balaban J connectivity index is 2.20. The van der Waals surface area contributed by atoms with Crippen molar-refractivity contribution in [2.45, 2.75) is 6.92 Å². The van der Waals surface area contributed by atoms with Crippen molar-refractivity contribution in [3.8, 4) is 11.6 Å². The minimum Gasteiger partial charge on any atom is -0.439 e. The Morgan fingerprint density at radius 1 is 1.25 bits per heavy atom. The molecule has 0 unspecified atom stereocenters. The van der Waals surface area contributed by atoms with Gasteiger partial charge in [-0.2, -0.15) is 0 Å². The first-order valence-electron chi connectivity index (χ1n) is 4.81. The molecule has 0 saturated carbocycles. The molecule has 2 N–H and O–H groups in total. The quantitative estimate of drug-likeness (QED) is 0.855. The summed E-state index contributed by atoms with van der Waals surface area (Å²) in [6.45, 7) is 1.99. The summed E-state index contributed by atoms with van der Waals surface area (Å²) in [6, 6.07) is 9.09. The molecule has 0 fully saturated rings. The van der Waals surface area contributed by atoms with Gasteiger partial charge in [0, 0.05) is 22.4 Å². The number of benzene rings is 1. The van der Waals surface area contributed by atoms with Crippen LogP contribution in [-0.2, 0) is 0 Å². The van der Waals surface area contributed by atoms with E-state index < -0.39 is 0 Å². The number of ether oxygens (including phenoxy) is 1. The van der Waals surface area contributed by atoms with Gasteiger partial charge >= 0.3 is 0 Å². The summed E-state index contributed by atoms with van der Waals surface area (Å²) in [5, 5.41) is 0. The van der Waals surface area contributed by atoms with Crippen LogP contribution < -0.4 is 10.5 Å². The summed E-state index contributed by atoms with van der Waals surface area (Å²) in [7, 11) is 0. The molecule has 1 aromatic carbocycles. The largest absolute Gasteiger partial charge is 0.439 e. The van der Waals surface area contributed by atoms with Gasteiger partial charge in [-0.25, -0.2) is 4.98 Å². The number of aromatic nitrogens is 1. The monoisotopic (exact) mass is 278 g/mol. The van der Waals surface area contributed by atoms with E-state index in [2.05, 4.69) is 20.9 Å². The minimum atomic E-state index is 0.575. The second-order valence-electron chi connectivity index (χ2n) is 3.44. The maximum atomic E-state index is 5.59. The molecule has 4 heteroatoms. The fraction of sp³-hybridized carbons (Fsp3) is 0.0833. The van der Waals surface area contributed by atoms with E-state index in [-0.39, 0.29) is 0 Å². The lowest BCUT2D eigenvalue weighted by atomic mass is 10.3. The van der Waals surface area contributed by atoms with Crippen molar-refractivity contribution in [3.63, 3.8) is 0 Å². The van der Waals surface area contributed by atoms with Crippen molar-refractivity contribution < 1.29 is 4.74 Å². The Labute approximate surface area is 102 Å². The number of rotatable bonds is 2. The van der Waals surface area contributed by atoms with Crippen LogP contribution in [0, 0.1) is 6.92 Å². The summed E-state index contributed by atoms with van der Waals surface area (Å²) in [4.78, 5) is 4.16. The molecular formula is C12H11BrN2O. The SMILES string of the molecule is Cc1cc(Oc2ccc(N)cc2)ncc1Br. The second-order valence-corrected chi connectivity index (χ2v) is 4.30. The van der Waals surface area contributed by atoms with Crippen LogP contribution in [0.4, 0.5) is 5.69 Å². The topological polar surface area (TPSA) is 48.1 Å².